The summed E-state index contributed by atoms with van der Waals surface area (Å²) < 4.78 is 8.81. The number of nitrogens with zero attached hydrogens (tertiary/aromatic N) is 4. The Bertz CT molecular complexity index is 1320. The molecule has 0 saturated carbocycles. The molecule has 2 heterocycles. The average molecular weight is 475 g/mol. The van der Waals surface area contributed by atoms with Crippen LogP contribution in [0.1, 0.15) is 43.5 Å². The molecule has 0 radical (unpaired) electrons. The first-order chi connectivity index (χ1) is 16.4. The largest absolute Gasteiger partial charge is 0.465 e. The van der Waals surface area contributed by atoms with Crippen molar-refractivity contribution < 1.29 is 14.3 Å². The van der Waals surface area contributed by atoms with Crippen LogP contribution in [0.4, 0.5) is 0 Å². The van der Waals surface area contributed by atoms with Crippen molar-refractivity contribution in [1.82, 2.24) is 19.3 Å². The molecule has 2 aromatic heterocycles. The Morgan fingerprint density at radius 2 is 1.68 bits per heavy atom. The van der Waals surface area contributed by atoms with Gasteiger partial charge in [-0.15, -0.1) is 10.2 Å². The van der Waals surface area contributed by atoms with Crippen LogP contribution in [0.2, 0.25) is 0 Å². The van der Waals surface area contributed by atoms with Gasteiger partial charge in [0.15, 0.2) is 10.9 Å². The minimum absolute atomic E-state index is 0.0300. The van der Waals surface area contributed by atoms with Crippen LogP contribution in [0, 0.1) is 20.8 Å². The number of thioether (sulfide) groups is 1. The molecule has 4 aromatic rings. The summed E-state index contributed by atoms with van der Waals surface area (Å²) in [6, 6.07) is 19.2. The number of rotatable bonds is 8. The topological polar surface area (TPSA) is 79.0 Å². The molecule has 8 heteroatoms. The standard InChI is InChI=1S/C26H26N4O3S/c1-17-14-23(18(2)30(17)22-12-10-21(11-13-22)25(32)33-4)24(31)16-34-26-28-27-19(3)29(26)15-20-8-6-5-7-9-20/h5-14H,15-16H2,1-4H3. The molecule has 0 spiro atoms. The second-order valence-electron chi connectivity index (χ2n) is 7.97. The molecule has 0 atom stereocenters. The van der Waals surface area contributed by atoms with Crippen molar-refractivity contribution in [3.05, 3.63) is 94.6 Å². The van der Waals surface area contributed by atoms with E-state index in [1.54, 1.807) is 12.1 Å². The predicted octanol–water partition coefficient (Wildman–Crippen LogP) is 4.80. The number of aryl methyl sites for hydroxylation is 2. The number of hydrogen-bond donors (Lipinski definition) is 0. The molecular weight excluding hydrogens is 448 g/mol. The Kier molecular flexibility index (Phi) is 6.98. The third kappa shape index (κ3) is 4.82. The Hall–Kier alpha value is -3.65. The molecule has 2 aromatic carbocycles. The summed E-state index contributed by atoms with van der Waals surface area (Å²) in [5.74, 6) is 0.726. The highest BCUT2D eigenvalue weighted by atomic mass is 32.2. The van der Waals surface area contributed by atoms with E-state index in [0.717, 1.165) is 33.6 Å². The van der Waals surface area contributed by atoms with Crippen molar-refractivity contribution in [2.24, 2.45) is 0 Å². The fraction of sp³-hybridized carbons (Fsp3) is 0.231. The highest BCUT2D eigenvalue weighted by molar-refractivity contribution is 7.99. The first-order valence-corrected chi connectivity index (χ1v) is 11.8. The SMILES string of the molecule is COC(=O)c1ccc(-n2c(C)cc(C(=O)CSc3nnc(C)n3Cc3ccccc3)c2C)cc1. The Morgan fingerprint density at radius 1 is 0.971 bits per heavy atom. The van der Waals surface area contributed by atoms with Gasteiger partial charge < -0.3 is 13.9 Å². The zero-order chi connectivity index (χ0) is 24.2. The molecule has 4 rings (SSSR count). The van der Waals surface area contributed by atoms with E-state index < -0.39 is 0 Å². The summed E-state index contributed by atoms with van der Waals surface area (Å²) in [6.07, 6.45) is 0. The van der Waals surface area contributed by atoms with Gasteiger partial charge in [-0.3, -0.25) is 4.79 Å². The fourth-order valence-corrected chi connectivity index (χ4v) is 4.80. The molecule has 0 aliphatic carbocycles. The van der Waals surface area contributed by atoms with Gasteiger partial charge >= 0.3 is 5.97 Å². The van der Waals surface area contributed by atoms with Gasteiger partial charge in [0.2, 0.25) is 0 Å². The fourth-order valence-electron chi connectivity index (χ4n) is 3.93. The third-order valence-corrected chi connectivity index (χ3v) is 6.66. The van der Waals surface area contributed by atoms with Gasteiger partial charge in [0.25, 0.3) is 0 Å². The van der Waals surface area contributed by atoms with Crippen LogP contribution >= 0.6 is 11.8 Å². The number of ketones is 1. The van der Waals surface area contributed by atoms with Crippen LogP contribution in [-0.2, 0) is 11.3 Å². The van der Waals surface area contributed by atoms with E-state index in [-0.39, 0.29) is 17.5 Å². The van der Waals surface area contributed by atoms with Crippen LogP contribution in [0.25, 0.3) is 5.69 Å². The van der Waals surface area contributed by atoms with Crippen molar-refractivity contribution >= 4 is 23.5 Å². The molecule has 0 aliphatic rings. The van der Waals surface area contributed by atoms with Crippen LogP contribution in [0.5, 0.6) is 0 Å². The maximum absolute atomic E-state index is 13.1. The zero-order valence-corrected chi connectivity index (χ0v) is 20.4. The summed E-state index contributed by atoms with van der Waals surface area (Å²) in [5, 5.41) is 9.21. The van der Waals surface area contributed by atoms with Crippen molar-refractivity contribution in [3.8, 4) is 5.69 Å². The molecule has 0 saturated heterocycles. The second-order valence-corrected chi connectivity index (χ2v) is 8.91. The number of Topliss-reactive ketones (excluding diaryl/α,β-unsaturated/α-hetero) is 1. The van der Waals surface area contributed by atoms with Gasteiger partial charge in [0.1, 0.15) is 5.82 Å². The minimum atomic E-state index is -0.379. The summed E-state index contributed by atoms with van der Waals surface area (Å²) >= 11 is 1.40. The molecule has 0 bridgehead atoms. The lowest BCUT2D eigenvalue weighted by Crippen LogP contribution is -2.08. The molecule has 0 amide bonds. The van der Waals surface area contributed by atoms with Crippen LogP contribution in [0.3, 0.4) is 0 Å². The van der Waals surface area contributed by atoms with E-state index in [1.807, 2.05) is 66.3 Å². The van der Waals surface area contributed by atoms with Crippen LogP contribution in [0.15, 0.2) is 65.8 Å². The average Bonchev–Trinajstić information content (AvgIpc) is 3.35. The quantitative estimate of drug-likeness (QED) is 0.207. The number of ether oxygens (including phenoxy) is 1. The smallest absolute Gasteiger partial charge is 0.337 e. The van der Waals surface area contributed by atoms with Gasteiger partial charge in [-0.2, -0.15) is 0 Å². The van der Waals surface area contributed by atoms with Gasteiger partial charge in [-0.1, -0.05) is 42.1 Å². The van der Waals surface area contributed by atoms with Gasteiger partial charge in [-0.05, 0) is 56.7 Å². The summed E-state index contributed by atoms with van der Waals surface area (Å²) in [4.78, 5) is 24.9. The van der Waals surface area contributed by atoms with E-state index >= 15 is 0 Å². The number of aromatic nitrogens is 4. The molecule has 34 heavy (non-hydrogen) atoms. The second kappa shape index (κ2) is 10.1. The highest BCUT2D eigenvalue weighted by Gasteiger charge is 2.19. The summed E-state index contributed by atoms with van der Waals surface area (Å²) in [6.45, 7) is 6.47. The van der Waals surface area contributed by atoms with E-state index in [9.17, 15) is 9.59 Å². The Morgan fingerprint density at radius 3 is 2.35 bits per heavy atom. The number of methoxy groups -OCH3 is 1. The van der Waals surface area contributed by atoms with Crippen molar-refractivity contribution in [1.29, 1.82) is 0 Å². The van der Waals surface area contributed by atoms with E-state index in [0.29, 0.717) is 17.7 Å². The van der Waals surface area contributed by atoms with Gasteiger partial charge in [0, 0.05) is 22.6 Å². The summed E-state index contributed by atoms with van der Waals surface area (Å²) in [5.41, 5.74) is 4.99. The molecule has 7 nitrogen and oxygen atoms in total. The maximum Gasteiger partial charge on any atom is 0.337 e. The molecule has 0 N–H and O–H groups in total. The van der Waals surface area contributed by atoms with E-state index in [1.165, 1.54) is 18.9 Å². The van der Waals surface area contributed by atoms with E-state index in [4.69, 9.17) is 4.74 Å². The molecule has 174 valence electrons. The first-order valence-electron chi connectivity index (χ1n) is 10.9. The molecule has 0 unspecified atom stereocenters. The number of carbonyl (C=O) groups is 2. The van der Waals surface area contributed by atoms with E-state index in [2.05, 4.69) is 22.3 Å². The summed E-state index contributed by atoms with van der Waals surface area (Å²) in [7, 11) is 1.36. The highest BCUT2D eigenvalue weighted by Crippen LogP contribution is 2.25. The van der Waals surface area contributed by atoms with Crippen LogP contribution < -0.4 is 0 Å². The number of carbonyl (C=O) groups excluding carboxylic acids is 2. The van der Waals surface area contributed by atoms with Gasteiger partial charge in [0.05, 0.1) is 25.0 Å². The Labute approximate surface area is 202 Å². The van der Waals surface area contributed by atoms with Crippen molar-refractivity contribution in [3.63, 3.8) is 0 Å². The monoisotopic (exact) mass is 474 g/mol. The lowest BCUT2D eigenvalue weighted by atomic mass is 10.2. The predicted molar refractivity (Wildman–Crippen MR) is 132 cm³/mol. The molecular formula is C26H26N4O3S. The minimum Gasteiger partial charge on any atom is -0.465 e. The Balaban J connectivity index is 1.51. The maximum atomic E-state index is 13.1. The zero-order valence-electron chi connectivity index (χ0n) is 19.6. The lowest BCUT2D eigenvalue weighted by molar-refractivity contribution is 0.0600. The lowest BCUT2D eigenvalue weighted by Gasteiger charge is -2.11. The number of esters is 1. The van der Waals surface area contributed by atoms with Crippen molar-refractivity contribution in [2.75, 3.05) is 12.9 Å². The number of hydrogen-bond acceptors (Lipinski definition) is 6. The van der Waals surface area contributed by atoms with Crippen LogP contribution in [-0.4, -0.2) is 43.9 Å². The third-order valence-electron chi connectivity index (χ3n) is 5.70. The van der Waals surface area contributed by atoms with Crippen molar-refractivity contribution in [2.45, 2.75) is 32.5 Å². The molecule has 0 aliphatic heterocycles. The first kappa shape index (κ1) is 23.5. The number of benzene rings is 2. The van der Waals surface area contributed by atoms with Gasteiger partial charge in [-0.25, -0.2) is 4.79 Å². The molecule has 0 fully saturated rings. The normalized spacial score (nSPS) is 10.9.